The van der Waals surface area contributed by atoms with Crippen LogP contribution in [0.5, 0.6) is 0 Å². The summed E-state index contributed by atoms with van der Waals surface area (Å²) in [6.07, 6.45) is 5.45. The number of ether oxygens (including phenoxy) is 2. The van der Waals surface area contributed by atoms with Gasteiger partial charge in [-0.05, 0) is 35.1 Å². The Morgan fingerprint density at radius 3 is 1.68 bits per heavy atom. The molecule has 140 valence electrons. The Bertz CT molecular complexity index is 973. The number of aliphatic imine (C=N–C) groups is 2. The fraction of sp³-hybridized carbons (Fsp3) is 0.417. The molecule has 1 fully saturated rings. The first kappa shape index (κ1) is 15.3. The molecule has 7 rings (SSSR count). The highest BCUT2D eigenvalue weighted by Gasteiger charge is 2.57. The second kappa shape index (κ2) is 5.25. The van der Waals surface area contributed by atoms with E-state index in [4.69, 9.17) is 19.5 Å². The van der Waals surface area contributed by atoms with Crippen molar-refractivity contribution in [2.45, 2.75) is 56.4 Å². The number of fused-ring (bicyclic) bond motifs is 6. The molecule has 2 aromatic rings. The minimum Gasteiger partial charge on any atom is -0.474 e. The Hall–Kier alpha value is -2.62. The van der Waals surface area contributed by atoms with E-state index >= 15 is 0 Å². The molecule has 4 nitrogen and oxygen atoms in total. The zero-order valence-electron chi connectivity index (χ0n) is 15.7. The molecule has 0 unspecified atom stereocenters. The van der Waals surface area contributed by atoms with Crippen LogP contribution in [0.25, 0.3) is 0 Å². The lowest BCUT2D eigenvalue weighted by atomic mass is 9.68. The fourth-order valence-electron chi connectivity index (χ4n) is 5.71. The SMILES string of the molecule is c1ccc2c(c1)C[C@H]1OC(C3(C4=N[C@H]5c6ccccc6C[C@H]5O4)CCC3)=N[C@@H]21. The van der Waals surface area contributed by atoms with Crippen molar-refractivity contribution in [3.8, 4) is 0 Å². The molecule has 4 atom stereocenters. The largest absolute Gasteiger partial charge is 0.474 e. The standard InChI is InChI=1S/C24H22N2O2/c1-3-8-16-14(6-1)12-18-20(16)25-22(27-18)24(10-5-11-24)23-26-21-17-9-4-2-7-15(17)13-19(21)28-23/h1-4,6-9,18-21H,5,10-13H2/t18-,19-,20+,21+/m1/s1. The smallest absolute Gasteiger partial charge is 0.200 e. The van der Waals surface area contributed by atoms with Gasteiger partial charge in [-0.3, -0.25) is 0 Å². The maximum absolute atomic E-state index is 6.47. The maximum atomic E-state index is 6.47. The Labute approximate surface area is 164 Å². The van der Waals surface area contributed by atoms with Crippen molar-refractivity contribution in [1.29, 1.82) is 0 Å². The van der Waals surface area contributed by atoms with E-state index in [1.165, 1.54) is 28.7 Å². The van der Waals surface area contributed by atoms with E-state index < -0.39 is 0 Å². The number of rotatable bonds is 2. The van der Waals surface area contributed by atoms with Gasteiger partial charge in [-0.2, -0.15) is 0 Å². The lowest BCUT2D eigenvalue weighted by Gasteiger charge is -2.40. The average molecular weight is 370 g/mol. The molecular weight excluding hydrogens is 348 g/mol. The fourth-order valence-corrected chi connectivity index (χ4v) is 5.71. The van der Waals surface area contributed by atoms with E-state index in [1.807, 2.05) is 0 Å². The van der Waals surface area contributed by atoms with Crippen molar-refractivity contribution in [1.82, 2.24) is 0 Å². The highest BCUT2D eigenvalue weighted by molar-refractivity contribution is 6.07. The zero-order valence-corrected chi connectivity index (χ0v) is 15.7. The third kappa shape index (κ3) is 1.86. The molecule has 3 aliphatic carbocycles. The Morgan fingerprint density at radius 1 is 0.714 bits per heavy atom. The number of hydrogen-bond donors (Lipinski definition) is 0. The summed E-state index contributed by atoms with van der Waals surface area (Å²) in [5, 5.41) is 0. The number of benzene rings is 2. The molecule has 0 amide bonds. The van der Waals surface area contributed by atoms with Gasteiger partial charge in [0, 0.05) is 12.8 Å². The summed E-state index contributed by atoms with van der Waals surface area (Å²) in [6.45, 7) is 0. The van der Waals surface area contributed by atoms with E-state index in [-0.39, 0.29) is 29.7 Å². The molecule has 0 saturated heterocycles. The van der Waals surface area contributed by atoms with Gasteiger partial charge in [-0.15, -0.1) is 0 Å². The van der Waals surface area contributed by atoms with Crippen molar-refractivity contribution in [3.05, 3.63) is 70.8 Å². The topological polar surface area (TPSA) is 43.2 Å². The molecular formula is C24H22N2O2. The molecule has 1 saturated carbocycles. The summed E-state index contributed by atoms with van der Waals surface area (Å²) < 4.78 is 12.9. The van der Waals surface area contributed by atoms with Crippen LogP contribution in [-0.2, 0) is 22.3 Å². The van der Waals surface area contributed by atoms with Gasteiger partial charge in [0.1, 0.15) is 29.7 Å². The monoisotopic (exact) mass is 370 g/mol. The van der Waals surface area contributed by atoms with E-state index in [0.29, 0.717) is 0 Å². The molecule has 2 heterocycles. The molecule has 2 aliphatic heterocycles. The third-order valence-corrected chi connectivity index (χ3v) is 7.36. The number of nitrogens with zero attached hydrogens (tertiary/aromatic N) is 2. The minimum atomic E-state index is -0.224. The number of hydrogen-bond acceptors (Lipinski definition) is 4. The Balaban J connectivity index is 1.25. The maximum Gasteiger partial charge on any atom is 0.200 e. The van der Waals surface area contributed by atoms with E-state index in [2.05, 4.69) is 48.5 Å². The summed E-state index contributed by atoms with van der Waals surface area (Å²) in [4.78, 5) is 10.2. The normalized spacial score (nSPS) is 32.9. The van der Waals surface area contributed by atoms with Crippen LogP contribution in [-0.4, -0.2) is 24.0 Å². The molecule has 28 heavy (non-hydrogen) atoms. The molecule has 0 radical (unpaired) electrons. The second-order valence-corrected chi connectivity index (χ2v) is 8.81. The van der Waals surface area contributed by atoms with Crippen LogP contribution in [0.4, 0.5) is 0 Å². The summed E-state index contributed by atoms with van der Waals surface area (Å²) >= 11 is 0. The van der Waals surface area contributed by atoms with Gasteiger partial charge in [0.2, 0.25) is 0 Å². The predicted molar refractivity (Wildman–Crippen MR) is 107 cm³/mol. The van der Waals surface area contributed by atoms with Crippen LogP contribution in [0.3, 0.4) is 0 Å². The van der Waals surface area contributed by atoms with Crippen LogP contribution in [0.2, 0.25) is 0 Å². The second-order valence-electron chi connectivity index (χ2n) is 8.81. The lowest BCUT2D eigenvalue weighted by Crippen LogP contribution is -2.46. The molecule has 4 heteroatoms. The van der Waals surface area contributed by atoms with Gasteiger partial charge in [-0.25, -0.2) is 9.98 Å². The Kier molecular flexibility index (Phi) is 2.87. The lowest BCUT2D eigenvalue weighted by molar-refractivity contribution is 0.135. The van der Waals surface area contributed by atoms with Crippen LogP contribution in [0, 0.1) is 5.41 Å². The van der Waals surface area contributed by atoms with Crippen LogP contribution < -0.4 is 0 Å². The van der Waals surface area contributed by atoms with Crippen LogP contribution >= 0.6 is 0 Å². The van der Waals surface area contributed by atoms with Crippen LogP contribution in [0.1, 0.15) is 53.6 Å². The van der Waals surface area contributed by atoms with Crippen molar-refractivity contribution in [2.24, 2.45) is 15.4 Å². The zero-order chi connectivity index (χ0) is 18.3. The van der Waals surface area contributed by atoms with E-state index in [1.54, 1.807) is 0 Å². The van der Waals surface area contributed by atoms with Gasteiger partial charge in [0.05, 0.1) is 0 Å². The highest BCUT2D eigenvalue weighted by Crippen LogP contribution is 2.53. The van der Waals surface area contributed by atoms with Gasteiger partial charge < -0.3 is 9.47 Å². The summed E-state index contributed by atoms with van der Waals surface area (Å²) in [7, 11) is 0. The van der Waals surface area contributed by atoms with Gasteiger partial charge in [0.25, 0.3) is 0 Å². The molecule has 0 bridgehead atoms. The molecule has 0 spiro atoms. The Morgan fingerprint density at radius 2 is 1.21 bits per heavy atom. The van der Waals surface area contributed by atoms with Crippen molar-refractivity contribution >= 4 is 11.8 Å². The molecule has 2 aromatic carbocycles. The first-order chi connectivity index (χ1) is 13.8. The predicted octanol–water partition coefficient (Wildman–Crippen LogP) is 4.35. The van der Waals surface area contributed by atoms with E-state index in [9.17, 15) is 0 Å². The molecule has 0 aromatic heterocycles. The average Bonchev–Trinajstić information content (AvgIpc) is 3.39. The summed E-state index contributed by atoms with van der Waals surface area (Å²) in [5.41, 5.74) is 5.19. The van der Waals surface area contributed by atoms with Gasteiger partial charge >= 0.3 is 0 Å². The first-order valence-corrected chi connectivity index (χ1v) is 10.5. The summed E-state index contributed by atoms with van der Waals surface area (Å²) in [5.74, 6) is 1.77. The van der Waals surface area contributed by atoms with Gasteiger partial charge in [-0.1, -0.05) is 55.0 Å². The van der Waals surface area contributed by atoms with Crippen molar-refractivity contribution in [2.75, 3.05) is 0 Å². The quantitative estimate of drug-likeness (QED) is 0.789. The first-order valence-electron chi connectivity index (χ1n) is 10.5. The molecule has 0 N–H and O–H groups in total. The van der Waals surface area contributed by atoms with Crippen LogP contribution in [0.15, 0.2) is 58.5 Å². The van der Waals surface area contributed by atoms with Crippen molar-refractivity contribution < 1.29 is 9.47 Å². The third-order valence-electron chi connectivity index (χ3n) is 7.36. The summed E-state index contributed by atoms with van der Waals surface area (Å²) in [6, 6.07) is 17.5. The van der Waals surface area contributed by atoms with Crippen molar-refractivity contribution in [3.63, 3.8) is 0 Å². The van der Waals surface area contributed by atoms with E-state index in [0.717, 1.165) is 37.5 Å². The minimum absolute atomic E-state index is 0.144. The molecule has 5 aliphatic rings. The van der Waals surface area contributed by atoms with Gasteiger partial charge in [0.15, 0.2) is 11.8 Å². The highest BCUT2D eigenvalue weighted by atomic mass is 16.5.